The first-order valence-corrected chi connectivity index (χ1v) is 8.62. The maximum Gasteiger partial charge on any atom is 0.309 e. The van der Waals surface area contributed by atoms with Crippen molar-refractivity contribution in [1.29, 1.82) is 0 Å². The molecule has 0 saturated carbocycles. The predicted molar refractivity (Wildman–Crippen MR) is 93.0 cm³/mol. The van der Waals surface area contributed by atoms with E-state index in [1.54, 1.807) is 6.20 Å². The minimum atomic E-state index is -0.188. The van der Waals surface area contributed by atoms with Crippen LogP contribution in [0.1, 0.15) is 37.0 Å². The van der Waals surface area contributed by atoms with Gasteiger partial charge in [0.15, 0.2) is 5.78 Å². The highest BCUT2D eigenvalue weighted by Crippen LogP contribution is 2.24. The first kappa shape index (κ1) is 16.7. The molecule has 0 amide bonds. The average Bonchev–Trinajstić information content (AvgIpc) is 3.05. The van der Waals surface area contributed by atoms with Crippen LogP contribution in [-0.4, -0.2) is 47.4 Å². The zero-order chi connectivity index (χ0) is 17.1. The third-order valence-electron chi connectivity index (χ3n) is 4.93. The van der Waals surface area contributed by atoms with Crippen molar-refractivity contribution in [2.45, 2.75) is 32.7 Å². The van der Waals surface area contributed by atoms with Crippen molar-refractivity contribution >= 4 is 22.7 Å². The molecular formula is C19H24N2O3. The molecule has 2 heterocycles. The molecule has 0 spiro atoms. The van der Waals surface area contributed by atoms with Gasteiger partial charge in [0.25, 0.3) is 0 Å². The molecule has 5 heteroatoms. The van der Waals surface area contributed by atoms with Gasteiger partial charge in [-0.25, -0.2) is 0 Å². The zero-order valence-corrected chi connectivity index (χ0v) is 14.2. The number of aromatic amines is 1. The van der Waals surface area contributed by atoms with Gasteiger partial charge >= 0.3 is 5.97 Å². The number of para-hydroxylation sites is 1. The molecule has 1 N–H and O–H groups in total. The number of nitrogens with one attached hydrogen (secondary N) is 1. The van der Waals surface area contributed by atoms with E-state index in [9.17, 15) is 9.59 Å². The van der Waals surface area contributed by atoms with Crippen molar-refractivity contribution in [3.05, 3.63) is 36.0 Å². The number of hydrogen-bond acceptors (Lipinski definition) is 4. The number of rotatable bonds is 5. The van der Waals surface area contributed by atoms with Gasteiger partial charge < -0.3 is 9.72 Å². The van der Waals surface area contributed by atoms with Crippen molar-refractivity contribution in [2.24, 2.45) is 5.92 Å². The lowest BCUT2D eigenvalue weighted by molar-refractivity contribution is -0.149. The lowest BCUT2D eigenvalue weighted by Gasteiger charge is -2.34. The van der Waals surface area contributed by atoms with Crippen LogP contribution in [0.15, 0.2) is 30.5 Å². The maximum atomic E-state index is 12.9. The van der Waals surface area contributed by atoms with E-state index < -0.39 is 0 Å². The summed E-state index contributed by atoms with van der Waals surface area (Å²) in [5.74, 6) is -0.00798. The smallest absolute Gasteiger partial charge is 0.309 e. The first-order chi connectivity index (χ1) is 11.6. The van der Waals surface area contributed by atoms with Crippen molar-refractivity contribution in [2.75, 3.05) is 19.7 Å². The number of aromatic nitrogens is 1. The highest BCUT2D eigenvalue weighted by molar-refractivity contribution is 6.10. The molecule has 24 heavy (non-hydrogen) atoms. The van der Waals surface area contributed by atoms with E-state index in [4.69, 9.17) is 4.74 Å². The van der Waals surface area contributed by atoms with Crippen molar-refractivity contribution in [3.63, 3.8) is 0 Å². The molecule has 2 aromatic rings. The third-order valence-corrected chi connectivity index (χ3v) is 4.93. The third kappa shape index (κ3) is 3.22. The molecule has 1 atom stereocenters. The molecule has 0 aliphatic carbocycles. The Balaban J connectivity index is 1.66. The van der Waals surface area contributed by atoms with E-state index in [0.717, 1.165) is 42.4 Å². The average molecular weight is 328 g/mol. The molecule has 1 aliphatic rings. The van der Waals surface area contributed by atoms with Crippen LogP contribution in [0.5, 0.6) is 0 Å². The van der Waals surface area contributed by atoms with E-state index in [1.807, 2.05) is 38.1 Å². The Morgan fingerprint density at radius 3 is 2.71 bits per heavy atom. The molecule has 1 aliphatic heterocycles. The summed E-state index contributed by atoms with van der Waals surface area (Å²) < 4.78 is 5.10. The van der Waals surface area contributed by atoms with Gasteiger partial charge in [0.2, 0.25) is 0 Å². The molecule has 1 aromatic carbocycles. The number of carbonyl (C=O) groups is 2. The van der Waals surface area contributed by atoms with Crippen LogP contribution in [0.25, 0.3) is 10.9 Å². The standard InChI is InChI=1S/C19H24N2O3/c1-3-24-19(23)14-8-10-21(11-9-14)13(2)18(22)16-12-20-17-7-5-4-6-15(16)17/h4-7,12-14,20H,3,8-11H2,1-2H3/t13-/m0/s1. The summed E-state index contributed by atoms with van der Waals surface area (Å²) in [5.41, 5.74) is 1.72. The van der Waals surface area contributed by atoms with Crippen LogP contribution in [-0.2, 0) is 9.53 Å². The summed E-state index contributed by atoms with van der Waals surface area (Å²) in [6, 6.07) is 7.66. The number of ketones is 1. The van der Waals surface area contributed by atoms with Gasteiger partial charge in [0.05, 0.1) is 18.6 Å². The van der Waals surface area contributed by atoms with Crippen LogP contribution in [0, 0.1) is 5.92 Å². The summed E-state index contributed by atoms with van der Waals surface area (Å²) in [7, 11) is 0. The Kier molecular flexibility index (Phi) is 5.00. The lowest BCUT2D eigenvalue weighted by atomic mass is 9.94. The number of hydrogen-bond donors (Lipinski definition) is 1. The Labute approximate surface area is 142 Å². The van der Waals surface area contributed by atoms with Crippen molar-refractivity contribution < 1.29 is 14.3 Å². The Morgan fingerprint density at radius 1 is 1.29 bits per heavy atom. The number of carbonyl (C=O) groups excluding carboxylic acids is 2. The number of nitrogens with zero attached hydrogens (tertiary/aromatic N) is 1. The number of piperidine rings is 1. The minimum Gasteiger partial charge on any atom is -0.466 e. The monoisotopic (exact) mass is 328 g/mol. The molecule has 128 valence electrons. The molecule has 3 rings (SSSR count). The highest BCUT2D eigenvalue weighted by atomic mass is 16.5. The molecule has 5 nitrogen and oxygen atoms in total. The fourth-order valence-corrected chi connectivity index (χ4v) is 3.45. The molecule has 0 unspecified atom stereocenters. The second-order valence-electron chi connectivity index (χ2n) is 6.35. The highest BCUT2D eigenvalue weighted by Gasteiger charge is 2.31. The van der Waals surface area contributed by atoms with Crippen molar-refractivity contribution in [1.82, 2.24) is 9.88 Å². The van der Waals surface area contributed by atoms with E-state index in [0.29, 0.717) is 6.61 Å². The van der Waals surface area contributed by atoms with Crippen LogP contribution in [0.4, 0.5) is 0 Å². The summed E-state index contributed by atoms with van der Waals surface area (Å²) >= 11 is 0. The Bertz CT molecular complexity index is 729. The zero-order valence-electron chi connectivity index (χ0n) is 14.2. The largest absolute Gasteiger partial charge is 0.466 e. The fourth-order valence-electron chi connectivity index (χ4n) is 3.45. The van der Waals surface area contributed by atoms with Crippen LogP contribution >= 0.6 is 0 Å². The van der Waals surface area contributed by atoms with E-state index in [2.05, 4.69) is 9.88 Å². The van der Waals surface area contributed by atoms with Gasteiger partial charge in [-0.15, -0.1) is 0 Å². The molecule has 1 aromatic heterocycles. The Morgan fingerprint density at radius 2 is 2.00 bits per heavy atom. The summed E-state index contributed by atoms with van der Waals surface area (Å²) in [6.07, 6.45) is 3.31. The number of ether oxygens (including phenoxy) is 1. The Hall–Kier alpha value is -2.14. The van der Waals surface area contributed by atoms with Gasteiger partial charge in [-0.1, -0.05) is 18.2 Å². The van der Waals surface area contributed by atoms with Gasteiger partial charge in [0, 0.05) is 22.7 Å². The van der Waals surface area contributed by atoms with Gasteiger partial charge in [0.1, 0.15) is 0 Å². The lowest BCUT2D eigenvalue weighted by Crippen LogP contribution is -2.45. The second-order valence-corrected chi connectivity index (χ2v) is 6.35. The normalized spacial score (nSPS) is 17.8. The molecule has 0 bridgehead atoms. The number of likely N-dealkylation sites (tertiary alicyclic amines) is 1. The predicted octanol–water partition coefficient (Wildman–Crippen LogP) is 3.01. The van der Waals surface area contributed by atoms with Crippen LogP contribution in [0.2, 0.25) is 0 Å². The number of Topliss-reactive ketones (excluding diaryl/α,β-unsaturated/α-hetero) is 1. The maximum absolute atomic E-state index is 12.9. The van der Waals surface area contributed by atoms with E-state index in [-0.39, 0.29) is 23.7 Å². The summed E-state index contributed by atoms with van der Waals surface area (Å²) in [5, 5.41) is 0.968. The van der Waals surface area contributed by atoms with Gasteiger partial charge in [-0.05, 0) is 45.8 Å². The first-order valence-electron chi connectivity index (χ1n) is 8.62. The molecule has 1 saturated heterocycles. The number of esters is 1. The molecule has 1 fully saturated rings. The van der Waals surface area contributed by atoms with Gasteiger partial charge in [-0.2, -0.15) is 0 Å². The summed E-state index contributed by atoms with van der Waals surface area (Å²) in [4.78, 5) is 30.0. The van der Waals surface area contributed by atoms with E-state index in [1.165, 1.54) is 0 Å². The molecule has 0 radical (unpaired) electrons. The van der Waals surface area contributed by atoms with Crippen LogP contribution < -0.4 is 0 Å². The second kappa shape index (κ2) is 7.18. The van der Waals surface area contributed by atoms with Crippen LogP contribution in [0.3, 0.4) is 0 Å². The van der Waals surface area contributed by atoms with Gasteiger partial charge in [-0.3, -0.25) is 14.5 Å². The SMILES string of the molecule is CCOC(=O)C1CCN([C@@H](C)C(=O)c2c[nH]c3ccccc23)CC1. The van der Waals surface area contributed by atoms with E-state index >= 15 is 0 Å². The molecular weight excluding hydrogens is 304 g/mol. The topological polar surface area (TPSA) is 62.4 Å². The minimum absolute atomic E-state index is 0.0309. The quantitative estimate of drug-likeness (QED) is 0.677. The number of benzene rings is 1. The number of fused-ring (bicyclic) bond motifs is 1. The number of H-pyrrole nitrogens is 1. The fraction of sp³-hybridized carbons (Fsp3) is 0.474. The van der Waals surface area contributed by atoms with Crippen molar-refractivity contribution in [3.8, 4) is 0 Å². The summed E-state index contributed by atoms with van der Waals surface area (Å²) in [6.45, 7) is 5.70.